The topological polar surface area (TPSA) is 15.3 Å². The molecule has 2 saturated heterocycles. The number of piperidine rings is 1. The fourth-order valence-electron chi connectivity index (χ4n) is 3.89. The lowest BCUT2D eigenvalue weighted by molar-refractivity contribution is 0.252. The number of fused-ring (bicyclic) bond motifs is 2. The van der Waals surface area contributed by atoms with Gasteiger partial charge in [-0.1, -0.05) is 30.8 Å². The molecule has 3 rings (SSSR count). The van der Waals surface area contributed by atoms with Crippen molar-refractivity contribution in [3.8, 4) is 0 Å². The maximum atomic E-state index is 12.8. The maximum absolute atomic E-state index is 12.8. The number of benzene rings is 1. The largest absolute Gasteiger partial charge is 0.365 e. The molecule has 21 heavy (non-hydrogen) atoms. The zero-order chi connectivity index (χ0) is 14.8. The van der Waals surface area contributed by atoms with Gasteiger partial charge < -0.3 is 10.2 Å². The average Bonchev–Trinajstić information content (AvgIpc) is 2.71. The summed E-state index contributed by atoms with van der Waals surface area (Å²) in [6, 6.07) is 9.20. The molecule has 0 saturated carbocycles. The Morgan fingerprint density at radius 3 is 2.52 bits per heavy atom. The van der Waals surface area contributed by atoms with Crippen molar-refractivity contribution in [3.05, 3.63) is 24.3 Å². The summed E-state index contributed by atoms with van der Waals surface area (Å²) in [5, 5.41) is 3.55. The third kappa shape index (κ3) is 3.19. The van der Waals surface area contributed by atoms with Crippen LogP contribution in [0.3, 0.4) is 0 Å². The van der Waals surface area contributed by atoms with Gasteiger partial charge in [0.2, 0.25) is 0 Å². The monoisotopic (exact) mass is 312 g/mol. The van der Waals surface area contributed by atoms with Crippen LogP contribution in [0, 0.1) is 0 Å². The number of anilines is 1. The van der Waals surface area contributed by atoms with Crippen LogP contribution in [0.15, 0.2) is 29.2 Å². The lowest BCUT2D eigenvalue weighted by Crippen LogP contribution is -2.49. The van der Waals surface area contributed by atoms with Crippen LogP contribution in [0.25, 0.3) is 0 Å². The summed E-state index contributed by atoms with van der Waals surface area (Å²) in [7, 11) is 0. The molecule has 2 aliphatic rings. The Bertz CT molecular complexity index is 469. The molecule has 2 bridgehead atoms. The fraction of sp³-hybridized carbons (Fsp3) is 0.625. The molecular formula is C16H22F2N2S. The highest BCUT2D eigenvalue weighted by Gasteiger charge is 2.41. The molecule has 2 nitrogen and oxygen atoms in total. The van der Waals surface area contributed by atoms with Crippen LogP contribution in [-0.4, -0.2) is 30.4 Å². The van der Waals surface area contributed by atoms with Crippen molar-refractivity contribution in [1.29, 1.82) is 0 Å². The van der Waals surface area contributed by atoms with Gasteiger partial charge in [-0.05, 0) is 44.4 Å². The summed E-state index contributed by atoms with van der Waals surface area (Å²) in [6.07, 6.45) is 4.61. The number of halogens is 2. The van der Waals surface area contributed by atoms with E-state index in [1.807, 2.05) is 24.3 Å². The number of thioether (sulfide) groups is 1. The van der Waals surface area contributed by atoms with Crippen LogP contribution in [0.4, 0.5) is 14.5 Å². The second-order valence-electron chi connectivity index (χ2n) is 5.86. The summed E-state index contributed by atoms with van der Waals surface area (Å²) < 4.78 is 25.5. The van der Waals surface area contributed by atoms with Gasteiger partial charge in [0.15, 0.2) is 0 Å². The van der Waals surface area contributed by atoms with Crippen molar-refractivity contribution in [1.82, 2.24) is 5.32 Å². The lowest BCUT2D eigenvalue weighted by atomic mass is 9.96. The Kier molecular flexibility index (Phi) is 4.69. The molecule has 116 valence electrons. The normalized spacial score (nSPS) is 28.4. The molecule has 2 fully saturated rings. The van der Waals surface area contributed by atoms with E-state index >= 15 is 0 Å². The molecule has 1 aromatic carbocycles. The van der Waals surface area contributed by atoms with Gasteiger partial charge in [-0.2, -0.15) is 8.78 Å². The van der Waals surface area contributed by atoms with Crippen LogP contribution in [0.5, 0.6) is 0 Å². The molecule has 0 aliphatic carbocycles. The van der Waals surface area contributed by atoms with Gasteiger partial charge >= 0.3 is 0 Å². The van der Waals surface area contributed by atoms with Crippen molar-refractivity contribution < 1.29 is 8.78 Å². The lowest BCUT2D eigenvalue weighted by Gasteiger charge is -2.41. The minimum Gasteiger partial charge on any atom is -0.365 e. The van der Waals surface area contributed by atoms with Crippen LogP contribution >= 0.6 is 11.8 Å². The van der Waals surface area contributed by atoms with Gasteiger partial charge in [0.1, 0.15) is 0 Å². The van der Waals surface area contributed by atoms with Gasteiger partial charge in [0.25, 0.3) is 5.76 Å². The van der Waals surface area contributed by atoms with Crippen molar-refractivity contribution in [2.75, 3.05) is 11.4 Å². The highest BCUT2D eigenvalue weighted by Crippen LogP contribution is 2.43. The van der Waals surface area contributed by atoms with Gasteiger partial charge in [-0.15, -0.1) is 0 Å². The van der Waals surface area contributed by atoms with Gasteiger partial charge in [-0.3, -0.25) is 0 Å². The predicted octanol–water partition coefficient (Wildman–Crippen LogP) is 4.11. The molecular weight excluding hydrogens is 290 g/mol. The quantitative estimate of drug-likeness (QED) is 0.824. The van der Waals surface area contributed by atoms with Crippen LogP contribution in [0.2, 0.25) is 0 Å². The van der Waals surface area contributed by atoms with E-state index in [-0.39, 0.29) is 0 Å². The number of hydrogen-bond donors (Lipinski definition) is 1. The van der Waals surface area contributed by atoms with Crippen molar-refractivity contribution in [2.24, 2.45) is 0 Å². The highest BCUT2D eigenvalue weighted by molar-refractivity contribution is 7.99. The summed E-state index contributed by atoms with van der Waals surface area (Å²) in [5.41, 5.74) is 1.00. The van der Waals surface area contributed by atoms with E-state index < -0.39 is 5.76 Å². The van der Waals surface area contributed by atoms with Crippen molar-refractivity contribution in [2.45, 2.75) is 61.4 Å². The number of alkyl halides is 2. The molecule has 1 aromatic rings. The van der Waals surface area contributed by atoms with E-state index in [1.54, 1.807) is 0 Å². The summed E-state index contributed by atoms with van der Waals surface area (Å²) in [4.78, 5) is 3.13. The number of para-hydroxylation sites is 1. The molecule has 1 N–H and O–H groups in total. The first-order valence-electron chi connectivity index (χ1n) is 7.74. The summed E-state index contributed by atoms with van der Waals surface area (Å²) >= 11 is 0.671. The van der Waals surface area contributed by atoms with Gasteiger partial charge in [0, 0.05) is 23.0 Å². The molecule has 2 heterocycles. The molecule has 2 atom stereocenters. The Balaban J connectivity index is 1.82. The molecule has 0 radical (unpaired) electrons. The second-order valence-corrected chi connectivity index (χ2v) is 6.90. The number of rotatable bonds is 5. The van der Waals surface area contributed by atoms with Gasteiger partial charge in [0.05, 0.1) is 5.69 Å². The summed E-state index contributed by atoms with van der Waals surface area (Å²) in [5.74, 6) is -2.36. The zero-order valence-electron chi connectivity index (χ0n) is 12.3. The average molecular weight is 312 g/mol. The minimum absolute atomic E-state index is 0.493. The maximum Gasteiger partial charge on any atom is 0.288 e. The first-order chi connectivity index (χ1) is 10.2. The van der Waals surface area contributed by atoms with Gasteiger partial charge in [-0.25, -0.2) is 0 Å². The van der Waals surface area contributed by atoms with Crippen LogP contribution in [-0.2, 0) is 0 Å². The smallest absolute Gasteiger partial charge is 0.288 e. The number of nitrogens with one attached hydrogen (secondary N) is 1. The van der Waals surface area contributed by atoms with E-state index in [1.165, 1.54) is 12.8 Å². The Hall–Kier alpha value is -0.810. The Morgan fingerprint density at radius 1 is 1.24 bits per heavy atom. The third-order valence-electron chi connectivity index (χ3n) is 4.59. The van der Waals surface area contributed by atoms with E-state index in [0.29, 0.717) is 34.8 Å². The van der Waals surface area contributed by atoms with E-state index in [2.05, 4.69) is 17.1 Å². The highest BCUT2D eigenvalue weighted by atomic mass is 32.2. The van der Waals surface area contributed by atoms with E-state index in [0.717, 1.165) is 25.1 Å². The van der Waals surface area contributed by atoms with E-state index in [4.69, 9.17) is 0 Å². The molecule has 0 aromatic heterocycles. The number of nitrogens with zero attached hydrogens (tertiary/aromatic N) is 1. The Labute approximate surface area is 129 Å². The minimum atomic E-state index is -2.36. The fourth-order valence-corrected chi connectivity index (χ4v) is 4.54. The molecule has 5 heteroatoms. The molecule has 0 spiro atoms. The van der Waals surface area contributed by atoms with Crippen molar-refractivity contribution in [3.63, 3.8) is 0 Å². The molecule has 0 amide bonds. The number of hydrogen-bond acceptors (Lipinski definition) is 3. The Morgan fingerprint density at radius 2 is 1.90 bits per heavy atom. The van der Waals surface area contributed by atoms with E-state index in [9.17, 15) is 8.78 Å². The van der Waals surface area contributed by atoms with Crippen LogP contribution < -0.4 is 10.2 Å². The molecule has 2 unspecified atom stereocenters. The van der Waals surface area contributed by atoms with Crippen molar-refractivity contribution >= 4 is 17.4 Å². The standard InChI is InChI=1S/C16H22F2N2S/c1-2-19-11-9-12-7-8-13(10-11)20(12)14-5-3-4-6-15(14)21-16(17)18/h3-6,11-13,16,19H,2,7-10H2,1H3. The SMILES string of the molecule is CCNC1CC2CCC(C1)N2c1ccccc1SC(F)F. The first-order valence-corrected chi connectivity index (χ1v) is 8.62. The third-order valence-corrected chi connectivity index (χ3v) is 5.36. The second kappa shape index (κ2) is 6.53. The zero-order valence-corrected chi connectivity index (χ0v) is 13.1. The molecule has 2 aliphatic heterocycles. The predicted molar refractivity (Wildman–Crippen MR) is 84.3 cm³/mol. The summed E-state index contributed by atoms with van der Waals surface area (Å²) in [6.45, 7) is 3.14. The van der Waals surface area contributed by atoms with Crippen LogP contribution in [0.1, 0.15) is 32.6 Å². The first kappa shape index (κ1) is 15.1.